The van der Waals surface area contributed by atoms with E-state index in [-0.39, 0.29) is 0 Å². The monoisotopic (exact) mass is 254 g/mol. The average Bonchev–Trinajstić information content (AvgIpc) is 2.32. The maximum Gasteiger partial charge on any atom is 0.131 e. The molecule has 0 radical (unpaired) electrons. The second kappa shape index (κ2) is 6.46. The number of nitrogens with zero attached hydrogens (tertiary/aromatic N) is 2. The molecular weight excluding hydrogens is 243 g/mol. The predicted molar refractivity (Wildman–Crippen MR) is 68.8 cm³/mol. The smallest absolute Gasteiger partial charge is 0.131 e. The lowest BCUT2D eigenvalue weighted by Gasteiger charge is -2.01. The van der Waals surface area contributed by atoms with E-state index >= 15 is 0 Å². The first-order chi connectivity index (χ1) is 7.75. The lowest BCUT2D eigenvalue weighted by Crippen LogP contribution is -1.82. The summed E-state index contributed by atoms with van der Waals surface area (Å²) < 4.78 is 0. The minimum atomic E-state index is 0.386. The van der Waals surface area contributed by atoms with Gasteiger partial charge in [-0.3, -0.25) is 4.98 Å². The van der Waals surface area contributed by atoms with E-state index in [1.807, 2.05) is 26.0 Å². The highest BCUT2D eigenvalue weighted by atomic mass is 35.5. The van der Waals surface area contributed by atoms with Crippen LogP contribution in [-0.2, 0) is 0 Å². The highest BCUT2D eigenvalue weighted by Gasteiger charge is 2.01. The Bertz CT molecular complexity index is 424. The molecule has 0 saturated heterocycles. The molecule has 0 unspecified atom stereocenters. The van der Waals surface area contributed by atoms with Gasteiger partial charge in [0.1, 0.15) is 10.3 Å². The van der Waals surface area contributed by atoms with Crippen LogP contribution in [0.5, 0.6) is 0 Å². The molecular formula is C12H12Cl2N2. The van der Waals surface area contributed by atoms with E-state index in [2.05, 4.69) is 9.97 Å². The molecule has 0 bridgehead atoms. The van der Waals surface area contributed by atoms with Gasteiger partial charge in [0.15, 0.2) is 0 Å². The first-order valence-corrected chi connectivity index (χ1v) is 5.75. The molecule has 16 heavy (non-hydrogen) atoms. The largest absolute Gasteiger partial charge is 0.264 e. The zero-order chi connectivity index (χ0) is 12.0. The van der Waals surface area contributed by atoms with E-state index in [1.54, 1.807) is 24.5 Å². The molecule has 2 nitrogen and oxygen atoms in total. The van der Waals surface area contributed by atoms with Crippen LogP contribution in [0.3, 0.4) is 0 Å². The van der Waals surface area contributed by atoms with Gasteiger partial charge in [-0.05, 0) is 23.8 Å². The summed E-state index contributed by atoms with van der Waals surface area (Å²) in [6.45, 7) is 4.00. The van der Waals surface area contributed by atoms with E-state index in [9.17, 15) is 0 Å². The fourth-order valence-corrected chi connectivity index (χ4v) is 1.63. The molecule has 0 N–H and O–H groups in total. The summed E-state index contributed by atoms with van der Waals surface area (Å²) in [5.41, 5.74) is 1.89. The van der Waals surface area contributed by atoms with Crippen molar-refractivity contribution >= 4 is 23.2 Å². The van der Waals surface area contributed by atoms with Gasteiger partial charge in [-0.1, -0.05) is 43.1 Å². The van der Waals surface area contributed by atoms with E-state index in [4.69, 9.17) is 23.2 Å². The number of hydrogen-bond donors (Lipinski definition) is 0. The van der Waals surface area contributed by atoms with Gasteiger partial charge in [-0.15, -0.1) is 0 Å². The van der Waals surface area contributed by atoms with E-state index in [1.165, 1.54) is 0 Å². The standard InChI is InChI=1S/C10H6Cl2N2.C2H6/c11-9-4-8(5-10(12)14-9)7-2-1-3-13-6-7;1-2/h1-6H;1-2H3. The number of hydrogen-bond acceptors (Lipinski definition) is 2. The summed E-state index contributed by atoms with van der Waals surface area (Å²) in [5, 5.41) is 0.771. The van der Waals surface area contributed by atoms with Crippen molar-refractivity contribution in [1.29, 1.82) is 0 Å². The van der Waals surface area contributed by atoms with Crippen molar-refractivity contribution < 1.29 is 0 Å². The molecule has 0 aliphatic carbocycles. The van der Waals surface area contributed by atoms with Crippen LogP contribution in [0, 0.1) is 0 Å². The number of rotatable bonds is 1. The molecule has 0 aromatic carbocycles. The van der Waals surface area contributed by atoms with Gasteiger partial charge in [0.2, 0.25) is 0 Å². The summed E-state index contributed by atoms with van der Waals surface area (Å²) in [5.74, 6) is 0. The van der Waals surface area contributed by atoms with E-state index < -0.39 is 0 Å². The highest BCUT2D eigenvalue weighted by Crippen LogP contribution is 2.23. The quantitative estimate of drug-likeness (QED) is 0.702. The van der Waals surface area contributed by atoms with Crippen molar-refractivity contribution in [2.24, 2.45) is 0 Å². The fraction of sp³-hybridized carbons (Fsp3) is 0.167. The molecule has 2 heterocycles. The van der Waals surface area contributed by atoms with Gasteiger partial charge in [0.25, 0.3) is 0 Å². The Morgan fingerprint density at radius 2 is 1.62 bits per heavy atom. The van der Waals surface area contributed by atoms with E-state index in [0.29, 0.717) is 10.3 Å². The summed E-state index contributed by atoms with van der Waals surface area (Å²) in [4.78, 5) is 7.88. The Morgan fingerprint density at radius 3 is 2.12 bits per heavy atom. The molecule has 0 aliphatic rings. The molecule has 0 saturated carbocycles. The molecule has 0 aliphatic heterocycles. The van der Waals surface area contributed by atoms with Crippen molar-refractivity contribution in [2.75, 3.05) is 0 Å². The molecule has 0 spiro atoms. The summed E-state index contributed by atoms with van der Waals surface area (Å²) in [6, 6.07) is 7.31. The Kier molecular flexibility index (Phi) is 5.23. The maximum atomic E-state index is 5.78. The van der Waals surface area contributed by atoms with Crippen molar-refractivity contribution in [3.8, 4) is 11.1 Å². The topological polar surface area (TPSA) is 25.8 Å². The molecule has 0 atom stereocenters. The molecule has 0 fully saturated rings. The number of pyridine rings is 2. The third-order valence-corrected chi connectivity index (χ3v) is 2.14. The van der Waals surface area contributed by atoms with Gasteiger partial charge in [0.05, 0.1) is 0 Å². The van der Waals surface area contributed by atoms with Crippen molar-refractivity contribution in [2.45, 2.75) is 13.8 Å². The SMILES string of the molecule is CC.Clc1cc(-c2cccnc2)cc(Cl)n1. The van der Waals surface area contributed by atoms with Crippen LogP contribution >= 0.6 is 23.2 Å². The molecule has 2 aromatic heterocycles. The predicted octanol–water partition coefficient (Wildman–Crippen LogP) is 4.48. The van der Waals surface area contributed by atoms with E-state index in [0.717, 1.165) is 11.1 Å². The molecule has 2 aromatic rings. The summed E-state index contributed by atoms with van der Waals surface area (Å²) in [6.07, 6.45) is 3.47. The van der Waals surface area contributed by atoms with Crippen LogP contribution in [0.2, 0.25) is 10.3 Å². The van der Waals surface area contributed by atoms with Crippen LogP contribution in [0.4, 0.5) is 0 Å². The second-order valence-corrected chi connectivity index (χ2v) is 3.52. The zero-order valence-electron chi connectivity index (χ0n) is 9.11. The Labute approximate surface area is 105 Å². The lowest BCUT2D eigenvalue weighted by molar-refractivity contribution is 1.30. The van der Waals surface area contributed by atoms with Gasteiger partial charge in [-0.2, -0.15) is 0 Å². The molecule has 4 heteroatoms. The minimum Gasteiger partial charge on any atom is -0.264 e. The first kappa shape index (κ1) is 12.9. The Morgan fingerprint density at radius 1 is 1.00 bits per heavy atom. The highest BCUT2D eigenvalue weighted by molar-refractivity contribution is 6.32. The van der Waals surface area contributed by atoms with Crippen LogP contribution < -0.4 is 0 Å². The molecule has 84 valence electrons. The minimum absolute atomic E-state index is 0.386. The Balaban J connectivity index is 0.000000606. The van der Waals surface area contributed by atoms with Gasteiger partial charge < -0.3 is 0 Å². The van der Waals surface area contributed by atoms with Crippen LogP contribution in [-0.4, -0.2) is 9.97 Å². The van der Waals surface area contributed by atoms with Crippen molar-refractivity contribution in [1.82, 2.24) is 9.97 Å². The normalized spacial score (nSPS) is 9.25. The first-order valence-electron chi connectivity index (χ1n) is 4.99. The van der Waals surface area contributed by atoms with Crippen LogP contribution in [0.15, 0.2) is 36.7 Å². The van der Waals surface area contributed by atoms with Crippen molar-refractivity contribution in [3.63, 3.8) is 0 Å². The third-order valence-electron chi connectivity index (χ3n) is 1.76. The van der Waals surface area contributed by atoms with Crippen molar-refractivity contribution in [3.05, 3.63) is 47.0 Å². The molecule has 0 amide bonds. The van der Waals surface area contributed by atoms with Gasteiger partial charge in [0, 0.05) is 18.0 Å². The maximum absolute atomic E-state index is 5.78. The van der Waals surface area contributed by atoms with Crippen LogP contribution in [0.25, 0.3) is 11.1 Å². The second-order valence-electron chi connectivity index (χ2n) is 2.74. The third kappa shape index (κ3) is 3.47. The fourth-order valence-electron chi connectivity index (χ4n) is 1.17. The molecule has 2 rings (SSSR count). The Hall–Kier alpha value is -1.12. The average molecular weight is 255 g/mol. The zero-order valence-corrected chi connectivity index (χ0v) is 10.6. The summed E-state index contributed by atoms with van der Waals surface area (Å²) in [7, 11) is 0. The number of halogens is 2. The summed E-state index contributed by atoms with van der Waals surface area (Å²) >= 11 is 11.6. The van der Waals surface area contributed by atoms with Gasteiger partial charge >= 0.3 is 0 Å². The number of aromatic nitrogens is 2. The lowest BCUT2D eigenvalue weighted by atomic mass is 10.1. The van der Waals surface area contributed by atoms with Crippen LogP contribution in [0.1, 0.15) is 13.8 Å². The van der Waals surface area contributed by atoms with Gasteiger partial charge in [-0.25, -0.2) is 4.98 Å².